The molecule has 0 aliphatic rings. The summed E-state index contributed by atoms with van der Waals surface area (Å²) in [5.41, 5.74) is 4.90. The topological polar surface area (TPSA) is 12.9 Å². The molecule has 2 aromatic rings. The van der Waals surface area contributed by atoms with Crippen molar-refractivity contribution in [3.63, 3.8) is 0 Å². The minimum absolute atomic E-state index is 1.01. The van der Waals surface area contributed by atoms with Gasteiger partial charge in [-0.15, -0.1) is 0 Å². The van der Waals surface area contributed by atoms with E-state index in [2.05, 4.69) is 50.0 Å². The first kappa shape index (κ1) is 9.20. The molecule has 14 heavy (non-hydrogen) atoms. The highest BCUT2D eigenvalue weighted by Gasteiger charge is 2.01. The SMILES string of the molecule is CCc1nc2cc(C)ccc2cc1C. The summed E-state index contributed by atoms with van der Waals surface area (Å²) in [7, 11) is 0. The lowest BCUT2D eigenvalue weighted by Crippen LogP contribution is -1.92. The first-order valence-electron chi connectivity index (χ1n) is 5.07. The summed E-state index contributed by atoms with van der Waals surface area (Å²) in [6.45, 7) is 6.38. The second-order valence-electron chi connectivity index (χ2n) is 3.80. The van der Waals surface area contributed by atoms with Gasteiger partial charge in [-0.05, 0) is 43.5 Å². The number of rotatable bonds is 1. The van der Waals surface area contributed by atoms with E-state index in [9.17, 15) is 0 Å². The average Bonchev–Trinajstić information content (AvgIpc) is 2.17. The van der Waals surface area contributed by atoms with Crippen LogP contribution >= 0.6 is 0 Å². The third-order valence-corrected chi connectivity index (χ3v) is 2.60. The van der Waals surface area contributed by atoms with E-state index in [4.69, 9.17) is 0 Å². The fraction of sp³-hybridized carbons (Fsp3) is 0.308. The normalized spacial score (nSPS) is 10.8. The number of nitrogens with zero attached hydrogens (tertiary/aromatic N) is 1. The van der Waals surface area contributed by atoms with Gasteiger partial charge in [-0.1, -0.05) is 19.1 Å². The number of pyridine rings is 1. The highest BCUT2D eigenvalue weighted by atomic mass is 14.7. The van der Waals surface area contributed by atoms with Crippen LogP contribution in [-0.4, -0.2) is 4.98 Å². The van der Waals surface area contributed by atoms with Crippen LogP contribution in [-0.2, 0) is 6.42 Å². The minimum atomic E-state index is 1.01. The van der Waals surface area contributed by atoms with Crippen molar-refractivity contribution >= 4 is 10.9 Å². The van der Waals surface area contributed by atoms with Gasteiger partial charge in [0.1, 0.15) is 0 Å². The van der Waals surface area contributed by atoms with Gasteiger partial charge in [0.05, 0.1) is 5.52 Å². The molecule has 0 saturated heterocycles. The predicted octanol–water partition coefficient (Wildman–Crippen LogP) is 3.41. The maximum atomic E-state index is 4.65. The van der Waals surface area contributed by atoms with E-state index >= 15 is 0 Å². The summed E-state index contributed by atoms with van der Waals surface area (Å²) in [5, 5.41) is 1.24. The van der Waals surface area contributed by atoms with Crippen molar-refractivity contribution in [2.24, 2.45) is 0 Å². The maximum Gasteiger partial charge on any atom is 0.0708 e. The van der Waals surface area contributed by atoms with Gasteiger partial charge in [0.25, 0.3) is 0 Å². The molecule has 0 radical (unpaired) electrons. The summed E-state index contributed by atoms with van der Waals surface area (Å²) >= 11 is 0. The average molecular weight is 185 g/mol. The second-order valence-corrected chi connectivity index (χ2v) is 3.80. The zero-order valence-electron chi connectivity index (χ0n) is 8.96. The Kier molecular flexibility index (Phi) is 2.24. The first-order valence-corrected chi connectivity index (χ1v) is 5.07. The lowest BCUT2D eigenvalue weighted by Gasteiger charge is -2.05. The van der Waals surface area contributed by atoms with Crippen LogP contribution in [0.25, 0.3) is 10.9 Å². The van der Waals surface area contributed by atoms with Crippen molar-refractivity contribution in [2.45, 2.75) is 27.2 Å². The predicted molar refractivity (Wildman–Crippen MR) is 60.6 cm³/mol. The first-order chi connectivity index (χ1) is 6.70. The standard InChI is InChI=1S/C13H15N/c1-4-12-10(3)8-11-6-5-9(2)7-13(11)14-12/h5-8H,4H2,1-3H3. The van der Waals surface area contributed by atoms with Crippen molar-refractivity contribution < 1.29 is 0 Å². The molecule has 0 saturated carbocycles. The molecular formula is C13H15N. The van der Waals surface area contributed by atoms with Gasteiger partial charge in [0.2, 0.25) is 0 Å². The van der Waals surface area contributed by atoms with Gasteiger partial charge >= 0.3 is 0 Å². The molecule has 1 aromatic carbocycles. The number of hydrogen-bond acceptors (Lipinski definition) is 1. The Hall–Kier alpha value is -1.37. The summed E-state index contributed by atoms with van der Waals surface area (Å²) in [4.78, 5) is 4.65. The Morgan fingerprint density at radius 2 is 1.93 bits per heavy atom. The summed E-state index contributed by atoms with van der Waals surface area (Å²) in [6.07, 6.45) is 1.01. The van der Waals surface area contributed by atoms with Gasteiger partial charge in [0.15, 0.2) is 0 Å². The molecule has 72 valence electrons. The Morgan fingerprint density at radius 1 is 1.14 bits per heavy atom. The van der Waals surface area contributed by atoms with Crippen molar-refractivity contribution in [1.29, 1.82) is 0 Å². The van der Waals surface area contributed by atoms with Crippen LogP contribution < -0.4 is 0 Å². The smallest absolute Gasteiger partial charge is 0.0708 e. The van der Waals surface area contributed by atoms with E-state index in [1.165, 1.54) is 22.2 Å². The van der Waals surface area contributed by atoms with Crippen LogP contribution in [0.5, 0.6) is 0 Å². The molecule has 1 aromatic heterocycles. The molecule has 0 amide bonds. The van der Waals surface area contributed by atoms with Gasteiger partial charge in [0, 0.05) is 11.1 Å². The highest BCUT2D eigenvalue weighted by Crippen LogP contribution is 2.17. The molecule has 0 aliphatic heterocycles. The van der Waals surface area contributed by atoms with Crippen molar-refractivity contribution in [3.8, 4) is 0 Å². The fourth-order valence-corrected chi connectivity index (χ4v) is 1.78. The monoisotopic (exact) mass is 185 g/mol. The molecule has 2 rings (SSSR count). The van der Waals surface area contributed by atoms with Gasteiger partial charge in [-0.2, -0.15) is 0 Å². The fourth-order valence-electron chi connectivity index (χ4n) is 1.78. The molecule has 1 nitrogen and oxygen atoms in total. The highest BCUT2D eigenvalue weighted by molar-refractivity contribution is 5.80. The Labute approximate surface area is 84.8 Å². The van der Waals surface area contributed by atoms with E-state index in [1.807, 2.05) is 0 Å². The van der Waals surface area contributed by atoms with E-state index in [1.54, 1.807) is 0 Å². The van der Waals surface area contributed by atoms with Gasteiger partial charge in [-0.25, -0.2) is 0 Å². The number of aryl methyl sites for hydroxylation is 3. The van der Waals surface area contributed by atoms with Gasteiger partial charge < -0.3 is 0 Å². The molecule has 0 aliphatic carbocycles. The molecule has 0 spiro atoms. The van der Waals surface area contributed by atoms with Crippen LogP contribution in [0.15, 0.2) is 24.3 Å². The van der Waals surface area contributed by atoms with Crippen LogP contribution in [0, 0.1) is 13.8 Å². The Bertz CT molecular complexity index is 472. The van der Waals surface area contributed by atoms with E-state index < -0.39 is 0 Å². The van der Waals surface area contributed by atoms with Crippen LogP contribution in [0.2, 0.25) is 0 Å². The van der Waals surface area contributed by atoms with Crippen molar-refractivity contribution in [1.82, 2.24) is 4.98 Å². The molecule has 0 unspecified atom stereocenters. The van der Waals surface area contributed by atoms with E-state index in [-0.39, 0.29) is 0 Å². The lowest BCUT2D eigenvalue weighted by atomic mass is 10.1. The minimum Gasteiger partial charge on any atom is -0.253 e. The second kappa shape index (κ2) is 3.41. The number of hydrogen-bond donors (Lipinski definition) is 0. The number of benzene rings is 1. The molecular weight excluding hydrogens is 170 g/mol. The van der Waals surface area contributed by atoms with Crippen LogP contribution in [0.3, 0.4) is 0 Å². The van der Waals surface area contributed by atoms with Crippen molar-refractivity contribution in [3.05, 3.63) is 41.1 Å². The Morgan fingerprint density at radius 3 is 2.64 bits per heavy atom. The molecule has 1 heteroatoms. The summed E-state index contributed by atoms with van der Waals surface area (Å²) < 4.78 is 0. The van der Waals surface area contributed by atoms with Crippen molar-refractivity contribution in [2.75, 3.05) is 0 Å². The zero-order valence-corrected chi connectivity index (χ0v) is 8.96. The number of aromatic nitrogens is 1. The molecule has 0 bridgehead atoms. The van der Waals surface area contributed by atoms with E-state index in [0.717, 1.165) is 11.9 Å². The quantitative estimate of drug-likeness (QED) is 0.663. The van der Waals surface area contributed by atoms with Crippen LogP contribution in [0.1, 0.15) is 23.7 Å². The molecule has 1 heterocycles. The van der Waals surface area contributed by atoms with Crippen LogP contribution in [0.4, 0.5) is 0 Å². The molecule has 0 N–H and O–H groups in total. The van der Waals surface area contributed by atoms with Gasteiger partial charge in [-0.3, -0.25) is 4.98 Å². The third kappa shape index (κ3) is 1.50. The number of fused-ring (bicyclic) bond motifs is 1. The maximum absolute atomic E-state index is 4.65. The third-order valence-electron chi connectivity index (χ3n) is 2.60. The van der Waals surface area contributed by atoms with E-state index in [0.29, 0.717) is 0 Å². The molecule has 0 atom stereocenters. The Balaban J connectivity index is 2.73. The zero-order chi connectivity index (χ0) is 10.1. The lowest BCUT2D eigenvalue weighted by molar-refractivity contribution is 1.03. The summed E-state index contributed by atoms with van der Waals surface area (Å²) in [6, 6.07) is 8.65. The molecule has 0 fully saturated rings. The largest absolute Gasteiger partial charge is 0.253 e. The summed E-state index contributed by atoms with van der Waals surface area (Å²) in [5.74, 6) is 0.